The zero-order chi connectivity index (χ0) is 21.7. The van der Waals surface area contributed by atoms with Gasteiger partial charge < -0.3 is 4.57 Å². The summed E-state index contributed by atoms with van der Waals surface area (Å²) in [4.78, 5) is 26.6. The van der Waals surface area contributed by atoms with Gasteiger partial charge >= 0.3 is 0 Å². The van der Waals surface area contributed by atoms with Gasteiger partial charge in [-0.25, -0.2) is 0 Å². The van der Waals surface area contributed by atoms with Crippen LogP contribution in [0.1, 0.15) is 38.4 Å². The number of hydrogen-bond acceptors (Lipinski definition) is 3. The van der Waals surface area contributed by atoms with Gasteiger partial charge in [-0.05, 0) is 56.2 Å². The van der Waals surface area contributed by atoms with E-state index in [9.17, 15) is 9.59 Å². The molecule has 156 valence electrons. The molecule has 0 atom stereocenters. The molecule has 4 aromatic rings. The fourth-order valence-corrected chi connectivity index (χ4v) is 4.62. The van der Waals surface area contributed by atoms with E-state index in [1.807, 2.05) is 49.1 Å². The summed E-state index contributed by atoms with van der Waals surface area (Å²) in [7, 11) is 1.93. The minimum absolute atomic E-state index is 0.211. The molecule has 0 saturated heterocycles. The average molecular weight is 433 g/mol. The Labute approximate surface area is 184 Å². The molecule has 2 amide bonds. The Bertz CT molecular complexity index is 1320. The van der Waals surface area contributed by atoms with Crippen LogP contribution in [0, 0.1) is 6.92 Å². The normalized spacial score (nSPS) is 13.5. The lowest BCUT2D eigenvalue weighted by atomic mass is 10.1. The van der Waals surface area contributed by atoms with Crippen LogP contribution in [0.25, 0.3) is 16.7 Å². The lowest BCUT2D eigenvalue weighted by molar-refractivity contribution is 0.0652. The number of imide groups is 1. The van der Waals surface area contributed by atoms with E-state index in [2.05, 4.69) is 9.67 Å². The molecule has 0 saturated carbocycles. The lowest BCUT2D eigenvalue weighted by Gasteiger charge is -2.14. The van der Waals surface area contributed by atoms with E-state index in [1.54, 1.807) is 24.3 Å². The van der Waals surface area contributed by atoms with Gasteiger partial charge in [0, 0.05) is 35.8 Å². The van der Waals surface area contributed by atoms with Gasteiger partial charge in [-0.15, -0.1) is 0 Å². The molecule has 6 nitrogen and oxygen atoms in total. The summed E-state index contributed by atoms with van der Waals surface area (Å²) in [5.41, 5.74) is 4.07. The minimum atomic E-state index is -0.211. The molecule has 0 spiro atoms. The second kappa shape index (κ2) is 7.39. The van der Waals surface area contributed by atoms with Gasteiger partial charge in [-0.1, -0.05) is 23.7 Å². The highest BCUT2D eigenvalue weighted by Gasteiger charge is 2.34. The highest BCUT2D eigenvalue weighted by atomic mass is 35.5. The number of aromatic nitrogens is 3. The second-order valence-electron chi connectivity index (χ2n) is 7.81. The van der Waals surface area contributed by atoms with Crippen LogP contribution in [-0.2, 0) is 13.5 Å². The average Bonchev–Trinajstić information content (AvgIpc) is 3.36. The highest BCUT2D eigenvalue weighted by molar-refractivity contribution is 6.31. The summed E-state index contributed by atoms with van der Waals surface area (Å²) in [5.74, 6) is 0.561. The van der Waals surface area contributed by atoms with Crippen molar-refractivity contribution in [2.24, 2.45) is 7.05 Å². The molecule has 0 fully saturated rings. The van der Waals surface area contributed by atoms with Gasteiger partial charge in [0.15, 0.2) is 0 Å². The van der Waals surface area contributed by atoms with Crippen molar-refractivity contribution < 1.29 is 9.59 Å². The molecule has 3 heterocycles. The number of benzene rings is 2. The Morgan fingerprint density at radius 2 is 1.71 bits per heavy atom. The molecular formula is C24H21ClN4O2. The number of amides is 2. The molecule has 0 radical (unpaired) electrons. The number of fused-ring (bicyclic) bond motifs is 2. The predicted molar refractivity (Wildman–Crippen MR) is 120 cm³/mol. The topological polar surface area (TPSA) is 60.1 Å². The molecule has 0 bridgehead atoms. The zero-order valence-corrected chi connectivity index (χ0v) is 18.1. The van der Waals surface area contributed by atoms with Crippen molar-refractivity contribution in [1.82, 2.24) is 19.2 Å². The van der Waals surface area contributed by atoms with Crippen molar-refractivity contribution in [1.29, 1.82) is 0 Å². The summed E-state index contributed by atoms with van der Waals surface area (Å²) in [6.45, 7) is 2.37. The molecule has 2 aromatic heterocycles. The van der Waals surface area contributed by atoms with Crippen LogP contribution in [0.4, 0.5) is 0 Å². The fraction of sp³-hybridized carbons (Fsp3) is 0.208. The molecule has 1 aliphatic rings. The van der Waals surface area contributed by atoms with Gasteiger partial charge in [-0.3, -0.25) is 19.2 Å². The summed E-state index contributed by atoms with van der Waals surface area (Å²) in [6.07, 6.45) is 3.39. The highest BCUT2D eigenvalue weighted by Crippen LogP contribution is 2.28. The van der Waals surface area contributed by atoms with Crippen LogP contribution in [0.15, 0.2) is 54.7 Å². The molecular weight excluding hydrogens is 412 g/mol. The standard InChI is InChI=1S/C24H21ClN4O2/c1-15-18(8-5-12-29-23(30)19-6-3-4-7-20(19)24(29)31)22(27(2)26-15)28-13-11-16-14-17(25)9-10-21(16)28/h3-4,6-7,9-11,13-14H,5,8,12H2,1-2H3. The maximum Gasteiger partial charge on any atom is 0.261 e. The van der Waals surface area contributed by atoms with Crippen molar-refractivity contribution in [3.63, 3.8) is 0 Å². The number of hydrogen-bond donors (Lipinski definition) is 0. The Balaban J connectivity index is 1.40. The molecule has 31 heavy (non-hydrogen) atoms. The summed E-state index contributed by atoms with van der Waals surface area (Å²) < 4.78 is 3.99. The Hall–Kier alpha value is -3.38. The first-order valence-electron chi connectivity index (χ1n) is 10.2. The van der Waals surface area contributed by atoms with Crippen molar-refractivity contribution in [3.8, 4) is 5.82 Å². The van der Waals surface area contributed by atoms with Crippen molar-refractivity contribution >= 4 is 34.3 Å². The number of rotatable bonds is 5. The van der Waals surface area contributed by atoms with E-state index in [-0.39, 0.29) is 11.8 Å². The number of halogens is 1. The lowest BCUT2D eigenvalue weighted by Crippen LogP contribution is -2.31. The quantitative estimate of drug-likeness (QED) is 0.434. The second-order valence-corrected chi connectivity index (χ2v) is 8.25. The van der Waals surface area contributed by atoms with Crippen LogP contribution in [0.2, 0.25) is 5.02 Å². The first-order valence-corrected chi connectivity index (χ1v) is 10.6. The molecule has 0 N–H and O–H groups in total. The molecule has 2 aromatic carbocycles. The number of aryl methyl sites for hydroxylation is 2. The first kappa shape index (κ1) is 19.6. The number of carbonyl (C=O) groups is 2. The molecule has 7 heteroatoms. The van der Waals surface area contributed by atoms with Crippen LogP contribution < -0.4 is 0 Å². The van der Waals surface area contributed by atoms with Gasteiger partial charge in [0.25, 0.3) is 11.8 Å². The maximum absolute atomic E-state index is 12.6. The van der Waals surface area contributed by atoms with Crippen molar-refractivity contribution in [2.45, 2.75) is 19.8 Å². The first-order chi connectivity index (χ1) is 15.0. The van der Waals surface area contributed by atoms with Crippen LogP contribution in [0.5, 0.6) is 0 Å². The summed E-state index contributed by atoms with van der Waals surface area (Å²) in [6, 6.07) is 14.9. The Morgan fingerprint density at radius 3 is 2.42 bits per heavy atom. The fourth-order valence-electron chi connectivity index (χ4n) is 4.44. The minimum Gasteiger partial charge on any atom is -0.301 e. The van der Waals surface area contributed by atoms with Crippen LogP contribution in [-0.4, -0.2) is 37.6 Å². The van der Waals surface area contributed by atoms with E-state index in [0.29, 0.717) is 35.5 Å². The monoisotopic (exact) mass is 432 g/mol. The van der Waals surface area contributed by atoms with E-state index in [1.165, 1.54) is 4.90 Å². The van der Waals surface area contributed by atoms with Crippen molar-refractivity contribution in [2.75, 3.05) is 6.54 Å². The third-order valence-corrected chi connectivity index (χ3v) is 6.12. The van der Waals surface area contributed by atoms with E-state index < -0.39 is 0 Å². The van der Waals surface area contributed by atoms with Crippen LogP contribution in [0.3, 0.4) is 0 Å². The largest absolute Gasteiger partial charge is 0.301 e. The number of nitrogens with zero attached hydrogens (tertiary/aromatic N) is 4. The van der Waals surface area contributed by atoms with Crippen LogP contribution >= 0.6 is 11.6 Å². The Morgan fingerprint density at radius 1 is 1.00 bits per heavy atom. The van der Waals surface area contributed by atoms with Gasteiger partial charge in [0.1, 0.15) is 5.82 Å². The number of carbonyl (C=O) groups excluding carboxylic acids is 2. The smallest absolute Gasteiger partial charge is 0.261 e. The van der Waals surface area contributed by atoms with Crippen molar-refractivity contribution in [3.05, 3.63) is 82.1 Å². The SMILES string of the molecule is Cc1nn(C)c(-n2ccc3cc(Cl)ccc32)c1CCCN1C(=O)c2ccccc2C1=O. The van der Waals surface area contributed by atoms with Gasteiger partial charge in [0.05, 0.1) is 22.3 Å². The van der Waals surface area contributed by atoms with E-state index in [0.717, 1.165) is 28.0 Å². The summed E-state index contributed by atoms with van der Waals surface area (Å²) in [5, 5.41) is 6.39. The molecule has 0 aliphatic carbocycles. The molecule has 1 aliphatic heterocycles. The third kappa shape index (κ3) is 3.15. The molecule has 5 rings (SSSR count). The summed E-state index contributed by atoms with van der Waals surface area (Å²) >= 11 is 6.14. The van der Waals surface area contributed by atoms with E-state index in [4.69, 9.17) is 11.6 Å². The van der Waals surface area contributed by atoms with Gasteiger partial charge in [0.2, 0.25) is 0 Å². The molecule has 0 unspecified atom stereocenters. The van der Waals surface area contributed by atoms with E-state index >= 15 is 0 Å². The third-order valence-electron chi connectivity index (χ3n) is 5.88. The zero-order valence-electron chi connectivity index (χ0n) is 17.3. The van der Waals surface area contributed by atoms with Gasteiger partial charge in [-0.2, -0.15) is 5.10 Å². The predicted octanol–water partition coefficient (Wildman–Crippen LogP) is 4.55. The Kier molecular flexibility index (Phi) is 4.67. The maximum atomic E-state index is 12.6.